The quantitative estimate of drug-likeness (QED) is 0.280. The van der Waals surface area contributed by atoms with E-state index in [2.05, 4.69) is 25.0 Å². The zero-order valence-electron chi connectivity index (χ0n) is 21.6. The third-order valence-corrected chi connectivity index (χ3v) is 5.93. The minimum Gasteiger partial charge on any atom is -0.497 e. The average Bonchev–Trinajstić information content (AvgIpc) is 3.40. The number of aryl methyl sites for hydroxylation is 1. The molecule has 10 heteroatoms. The lowest BCUT2D eigenvalue weighted by atomic mass is 10.2. The number of fused-ring (bicyclic) bond motifs is 1. The maximum Gasteiger partial charge on any atom is 0.216 e. The Morgan fingerprint density at radius 2 is 1.66 bits per heavy atom. The summed E-state index contributed by atoms with van der Waals surface area (Å²) in [7, 11) is 6.73. The lowest BCUT2D eigenvalue weighted by Crippen LogP contribution is -2.17. The molecule has 2 aromatic carbocycles. The van der Waals surface area contributed by atoms with Gasteiger partial charge in [0.15, 0.2) is 0 Å². The molecule has 0 saturated carbocycles. The standard InChI is InChI=1S/C28H27N7O3/c1-34-17-19(15-32-34)27-16-29-25-8-7-21(13-26(25)33-27)35(22-11-23(36-2)14-24(12-22)37-3)9-5-6-20-10-28(38-4)31-18-30-20/h5-8,10-18H,9H2,1-4H3/b6-5+. The summed E-state index contributed by atoms with van der Waals surface area (Å²) in [6, 6.07) is 13.6. The van der Waals surface area contributed by atoms with E-state index in [4.69, 9.17) is 19.2 Å². The molecule has 0 atom stereocenters. The lowest BCUT2D eigenvalue weighted by molar-refractivity contribution is 0.394. The molecule has 192 valence electrons. The summed E-state index contributed by atoms with van der Waals surface area (Å²) in [6.07, 6.45) is 10.9. The monoisotopic (exact) mass is 509 g/mol. The molecule has 0 aliphatic rings. The van der Waals surface area contributed by atoms with E-state index in [-0.39, 0.29) is 0 Å². The summed E-state index contributed by atoms with van der Waals surface area (Å²) in [5.41, 5.74) is 5.80. The van der Waals surface area contributed by atoms with Gasteiger partial charge in [-0.25, -0.2) is 15.0 Å². The summed E-state index contributed by atoms with van der Waals surface area (Å²) in [5, 5.41) is 4.25. The molecule has 0 N–H and O–H groups in total. The second-order valence-electron chi connectivity index (χ2n) is 8.40. The van der Waals surface area contributed by atoms with Crippen molar-refractivity contribution in [2.24, 2.45) is 7.05 Å². The van der Waals surface area contributed by atoms with Crippen LogP contribution in [0.1, 0.15) is 5.69 Å². The number of nitrogens with zero attached hydrogens (tertiary/aromatic N) is 7. The second kappa shape index (κ2) is 11.0. The molecule has 0 fully saturated rings. The number of anilines is 2. The molecule has 0 bridgehead atoms. The summed E-state index contributed by atoms with van der Waals surface area (Å²) in [5.74, 6) is 1.88. The topological polar surface area (TPSA) is 100 Å². The number of aromatic nitrogens is 6. The van der Waals surface area contributed by atoms with Gasteiger partial charge in [-0.05, 0) is 24.3 Å². The first-order chi connectivity index (χ1) is 18.6. The van der Waals surface area contributed by atoms with E-state index < -0.39 is 0 Å². The van der Waals surface area contributed by atoms with Crippen molar-refractivity contribution in [1.29, 1.82) is 0 Å². The van der Waals surface area contributed by atoms with E-state index in [0.717, 1.165) is 39.4 Å². The fourth-order valence-electron chi connectivity index (χ4n) is 4.00. The van der Waals surface area contributed by atoms with Gasteiger partial charge in [0.1, 0.15) is 17.8 Å². The van der Waals surface area contributed by atoms with Crippen LogP contribution in [0.3, 0.4) is 0 Å². The van der Waals surface area contributed by atoms with Crippen LogP contribution in [0, 0.1) is 0 Å². The molecule has 0 spiro atoms. The van der Waals surface area contributed by atoms with Gasteiger partial charge in [-0.3, -0.25) is 9.67 Å². The zero-order chi connectivity index (χ0) is 26.5. The summed E-state index contributed by atoms with van der Waals surface area (Å²) in [6.45, 7) is 0.532. The summed E-state index contributed by atoms with van der Waals surface area (Å²) >= 11 is 0. The fourth-order valence-corrected chi connectivity index (χ4v) is 4.00. The number of methoxy groups -OCH3 is 3. The Morgan fingerprint density at radius 1 is 0.842 bits per heavy atom. The van der Waals surface area contributed by atoms with E-state index in [0.29, 0.717) is 23.9 Å². The van der Waals surface area contributed by atoms with Crippen LogP contribution >= 0.6 is 0 Å². The first-order valence-electron chi connectivity index (χ1n) is 11.9. The second-order valence-corrected chi connectivity index (χ2v) is 8.40. The minimum absolute atomic E-state index is 0.506. The van der Waals surface area contributed by atoms with Crippen molar-refractivity contribution >= 4 is 28.5 Å². The number of rotatable bonds is 9. The predicted molar refractivity (Wildman–Crippen MR) is 146 cm³/mol. The van der Waals surface area contributed by atoms with Crippen molar-refractivity contribution in [1.82, 2.24) is 29.7 Å². The van der Waals surface area contributed by atoms with Crippen molar-refractivity contribution in [2.45, 2.75) is 0 Å². The molecule has 0 amide bonds. The molecule has 0 aliphatic carbocycles. The van der Waals surface area contributed by atoms with Crippen LogP contribution in [-0.2, 0) is 7.05 Å². The molecule has 3 aromatic heterocycles. The molecule has 0 radical (unpaired) electrons. The highest BCUT2D eigenvalue weighted by Crippen LogP contribution is 2.34. The third kappa shape index (κ3) is 5.39. The van der Waals surface area contributed by atoms with Gasteiger partial charge in [0.25, 0.3) is 0 Å². The average molecular weight is 510 g/mol. The Balaban J connectivity index is 1.55. The van der Waals surface area contributed by atoms with Crippen LogP contribution < -0.4 is 19.1 Å². The van der Waals surface area contributed by atoms with Gasteiger partial charge in [-0.2, -0.15) is 5.10 Å². The van der Waals surface area contributed by atoms with Crippen LogP contribution in [-0.4, -0.2) is 57.6 Å². The summed E-state index contributed by atoms with van der Waals surface area (Å²) in [4.78, 5) is 20.0. The van der Waals surface area contributed by atoms with Gasteiger partial charge in [0, 0.05) is 61.0 Å². The molecular formula is C28H27N7O3. The molecule has 0 aliphatic heterocycles. The Kier molecular flexibility index (Phi) is 7.12. The number of benzene rings is 2. The smallest absolute Gasteiger partial charge is 0.216 e. The number of hydrogen-bond donors (Lipinski definition) is 0. The van der Waals surface area contributed by atoms with Gasteiger partial charge >= 0.3 is 0 Å². The van der Waals surface area contributed by atoms with E-state index in [9.17, 15) is 0 Å². The fraction of sp³-hybridized carbons (Fsp3) is 0.179. The van der Waals surface area contributed by atoms with E-state index in [1.54, 1.807) is 44.5 Å². The molecule has 5 aromatic rings. The molecule has 0 saturated heterocycles. The van der Waals surface area contributed by atoms with E-state index >= 15 is 0 Å². The summed E-state index contributed by atoms with van der Waals surface area (Å²) < 4.78 is 18.0. The Hall–Kier alpha value is -4.99. The zero-order valence-corrected chi connectivity index (χ0v) is 21.6. The Labute approximate surface area is 220 Å². The molecule has 5 rings (SSSR count). The van der Waals surface area contributed by atoms with Crippen molar-refractivity contribution < 1.29 is 14.2 Å². The van der Waals surface area contributed by atoms with Crippen LogP contribution in [0.5, 0.6) is 17.4 Å². The van der Waals surface area contributed by atoms with Crippen LogP contribution in [0.25, 0.3) is 28.4 Å². The van der Waals surface area contributed by atoms with Crippen LogP contribution in [0.15, 0.2) is 73.5 Å². The van der Waals surface area contributed by atoms with Gasteiger partial charge in [0.2, 0.25) is 5.88 Å². The normalized spacial score (nSPS) is 11.2. The molecule has 10 nitrogen and oxygen atoms in total. The highest BCUT2D eigenvalue weighted by Gasteiger charge is 2.14. The SMILES string of the molecule is COc1cc(OC)cc(N(C/C=C/c2cc(OC)ncn2)c2ccc3ncc(-c4cnn(C)c4)nc3c2)c1. The van der Waals surface area contributed by atoms with Crippen molar-refractivity contribution in [3.63, 3.8) is 0 Å². The van der Waals surface area contributed by atoms with Gasteiger partial charge in [0.05, 0.1) is 56.1 Å². The first kappa shape index (κ1) is 24.7. The minimum atomic E-state index is 0.506. The van der Waals surface area contributed by atoms with Crippen molar-refractivity contribution in [3.8, 4) is 28.6 Å². The van der Waals surface area contributed by atoms with Crippen molar-refractivity contribution in [2.75, 3.05) is 32.8 Å². The third-order valence-electron chi connectivity index (χ3n) is 5.93. The Morgan fingerprint density at radius 3 is 2.37 bits per heavy atom. The van der Waals surface area contributed by atoms with E-state index in [1.807, 2.05) is 61.8 Å². The van der Waals surface area contributed by atoms with Gasteiger partial charge in [-0.1, -0.05) is 6.08 Å². The van der Waals surface area contributed by atoms with Crippen molar-refractivity contribution in [3.05, 3.63) is 79.2 Å². The maximum atomic E-state index is 5.53. The number of hydrogen-bond acceptors (Lipinski definition) is 9. The molecule has 0 unspecified atom stereocenters. The largest absolute Gasteiger partial charge is 0.497 e. The van der Waals surface area contributed by atoms with Gasteiger partial charge in [-0.15, -0.1) is 0 Å². The van der Waals surface area contributed by atoms with Crippen LogP contribution in [0.2, 0.25) is 0 Å². The maximum absolute atomic E-state index is 5.53. The van der Waals surface area contributed by atoms with Crippen LogP contribution in [0.4, 0.5) is 11.4 Å². The first-order valence-corrected chi connectivity index (χ1v) is 11.9. The Bertz CT molecular complexity index is 1580. The highest BCUT2D eigenvalue weighted by atomic mass is 16.5. The number of ether oxygens (including phenoxy) is 3. The highest BCUT2D eigenvalue weighted by molar-refractivity contribution is 5.83. The molecular weight excluding hydrogens is 482 g/mol. The van der Waals surface area contributed by atoms with E-state index in [1.165, 1.54) is 6.33 Å². The van der Waals surface area contributed by atoms with Gasteiger partial charge < -0.3 is 19.1 Å². The lowest BCUT2D eigenvalue weighted by Gasteiger charge is -2.25. The molecule has 38 heavy (non-hydrogen) atoms. The predicted octanol–water partition coefficient (Wildman–Crippen LogP) is 4.70. The molecule has 3 heterocycles.